The van der Waals surface area contributed by atoms with Crippen molar-refractivity contribution in [1.82, 2.24) is 20.4 Å². The largest absolute Gasteiger partial charge is 0.476 e. The van der Waals surface area contributed by atoms with E-state index in [-0.39, 0.29) is 11.4 Å². The van der Waals surface area contributed by atoms with Crippen molar-refractivity contribution >= 4 is 5.97 Å². The minimum Gasteiger partial charge on any atom is -0.476 e. The van der Waals surface area contributed by atoms with Crippen LogP contribution in [0.1, 0.15) is 10.5 Å². The van der Waals surface area contributed by atoms with E-state index >= 15 is 0 Å². The van der Waals surface area contributed by atoms with E-state index in [9.17, 15) is 4.79 Å². The van der Waals surface area contributed by atoms with E-state index in [1.165, 1.54) is 12.7 Å². The summed E-state index contributed by atoms with van der Waals surface area (Å²) in [4.78, 5) is 14.3. The zero-order chi connectivity index (χ0) is 9.26. The van der Waals surface area contributed by atoms with Crippen molar-refractivity contribution in [3.05, 3.63) is 18.4 Å². The number of H-pyrrole nitrogens is 1. The zero-order valence-corrected chi connectivity index (χ0v) is 6.26. The van der Waals surface area contributed by atoms with Gasteiger partial charge in [0.2, 0.25) is 0 Å². The average Bonchev–Trinajstić information content (AvgIpc) is 2.74. The number of carboxylic acids is 1. The SMILES string of the molecule is O=C(O)c1n[nH]nc1-c1cocn1. The third-order valence-corrected chi connectivity index (χ3v) is 1.43. The number of rotatable bonds is 2. The van der Waals surface area contributed by atoms with Gasteiger partial charge in [0.15, 0.2) is 12.1 Å². The number of aromatic carboxylic acids is 1. The predicted molar refractivity (Wildman–Crippen MR) is 38.8 cm³/mol. The lowest BCUT2D eigenvalue weighted by Crippen LogP contribution is -1.99. The maximum atomic E-state index is 10.6. The lowest BCUT2D eigenvalue weighted by Gasteiger charge is -1.88. The fourth-order valence-corrected chi connectivity index (χ4v) is 0.888. The topological polar surface area (TPSA) is 105 Å². The van der Waals surface area contributed by atoms with Gasteiger partial charge in [0.1, 0.15) is 17.7 Å². The Morgan fingerprint density at radius 1 is 1.54 bits per heavy atom. The Bertz CT molecular complexity index is 419. The Balaban J connectivity index is 2.52. The van der Waals surface area contributed by atoms with Crippen LogP contribution >= 0.6 is 0 Å². The molecule has 2 heterocycles. The standard InChI is InChI=1S/C6H4N4O3/c11-6(12)5-4(8-10-9-5)3-1-13-2-7-3/h1-2H,(H,11,12)(H,8,9,10). The first kappa shape index (κ1) is 7.47. The van der Waals surface area contributed by atoms with Crippen LogP contribution in [0.4, 0.5) is 0 Å². The minimum absolute atomic E-state index is 0.168. The lowest BCUT2D eigenvalue weighted by molar-refractivity contribution is 0.0691. The monoisotopic (exact) mass is 180 g/mol. The number of nitrogens with one attached hydrogen (secondary N) is 1. The summed E-state index contributed by atoms with van der Waals surface area (Å²) in [5.74, 6) is -1.16. The first-order valence-electron chi connectivity index (χ1n) is 3.31. The van der Waals surface area contributed by atoms with Crippen molar-refractivity contribution in [3.8, 4) is 11.4 Å². The molecule has 0 fully saturated rings. The second kappa shape index (κ2) is 2.70. The van der Waals surface area contributed by atoms with E-state index in [4.69, 9.17) is 5.11 Å². The molecule has 0 atom stereocenters. The number of aromatic nitrogens is 4. The van der Waals surface area contributed by atoms with Gasteiger partial charge in [-0.3, -0.25) is 0 Å². The zero-order valence-electron chi connectivity index (χ0n) is 6.26. The van der Waals surface area contributed by atoms with E-state index in [1.807, 2.05) is 0 Å². The summed E-state index contributed by atoms with van der Waals surface area (Å²) < 4.78 is 4.69. The summed E-state index contributed by atoms with van der Waals surface area (Å²) in [6, 6.07) is 0. The first-order valence-corrected chi connectivity index (χ1v) is 3.31. The van der Waals surface area contributed by atoms with Crippen molar-refractivity contribution < 1.29 is 14.3 Å². The van der Waals surface area contributed by atoms with E-state index in [1.54, 1.807) is 0 Å². The molecule has 66 valence electrons. The average molecular weight is 180 g/mol. The molecule has 2 aromatic heterocycles. The van der Waals surface area contributed by atoms with Gasteiger partial charge in [-0.25, -0.2) is 9.78 Å². The molecule has 0 aliphatic heterocycles. The van der Waals surface area contributed by atoms with E-state index in [0.717, 1.165) is 0 Å². The Hall–Kier alpha value is -2.18. The Morgan fingerprint density at radius 3 is 3.00 bits per heavy atom. The smallest absolute Gasteiger partial charge is 0.358 e. The van der Waals surface area contributed by atoms with Gasteiger partial charge in [-0.2, -0.15) is 10.3 Å². The summed E-state index contributed by atoms with van der Waals surface area (Å²) in [6.07, 6.45) is 2.49. The third-order valence-electron chi connectivity index (χ3n) is 1.43. The summed E-state index contributed by atoms with van der Waals surface area (Å²) in [7, 11) is 0. The van der Waals surface area contributed by atoms with Crippen LogP contribution in [0.3, 0.4) is 0 Å². The second-order valence-electron chi connectivity index (χ2n) is 2.20. The van der Waals surface area contributed by atoms with Gasteiger partial charge >= 0.3 is 5.97 Å². The summed E-state index contributed by atoms with van der Waals surface area (Å²) in [5, 5.41) is 18.0. The van der Waals surface area contributed by atoms with Gasteiger partial charge in [-0.15, -0.1) is 5.10 Å². The Morgan fingerprint density at radius 2 is 2.38 bits per heavy atom. The van der Waals surface area contributed by atoms with E-state index < -0.39 is 5.97 Å². The molecular formula is C6H4N4O3. The minimum atomic E-state index is -1.16. The quantitative estimate of drug-likeness (QED) is 0.681. The fourth-order valence-electron chi connectivity index (χ4n) is 0.888. The van der Waals surface area contributed by atoms with Crippen LogP contribution in [0, 0.1) is 0 Å². The normalized spacial score (nSPS) is 10.2. The molecule has 0 aliphatic rings. The third kappa shape index (κ3) is 1.15. The number of carbonyl (C=O) groups is 1. The molecule has 7 nitrogen and oxygen atoms in total. The number of nitrogens with zero attached hydrogens (tertiary/aromatic N) is 3. The van der Waals surface area contributed by atoms with E-state index in [0.29, 0.717) is 5.69 Å². The summed E-state index contributed by atoms with van der Waals surface area (Å²) in [5.41, 5.74) is 0.335. The van der Waals surface area contributed by atoms with E-state index in [2.05, 4.69) is 24.8 Å². The van der Waals surface area contributed by atoms with Crippen molar-refractivity contribution in [2.75, 3.05) is 0 Å². The predicted octanol–water partition coefficient (Wildman–Crippen LogP) is 0.158. The highest BCUT2D eigenvalue weighted by Crippen LogP contribution is 2.16. The molecule has 0 aliphatic carbocycles. The molecule has 0 aromatic carbocycles. The van der Waals surface area contributed by atoms with Gasteiger partial charge in [0.05, 0.1) is 0 Å². The second-order valence-corrected chi connectivity index (χ2v) is 2.20. The fraction of sp³-hybridized carbons (Fsp3) is 0. The summed E-state index contributed by atoms with van der Waals surface area (Å²) in [6.45, 7) is 0. The van der Waals surface area contributed by atoms with Gasteiger partial charge in [-0.05, 0) is 0 Å². The molecule has 0 saturated carbocycles. The van der Waals surface area contributed by atoms with Crippen LogP contribution in [0.5, 0.6) is 0 Å². The van der Waals surface area contributed by atoms with Crippen LogP contribution in [-0.2, 0) is 0 Å². The Kier molecular flexibility index (Phi) is 1.55. The highest BCUT2D eigenvalue weighted by molar-refractivity contribution is 5.91. The summed E-state index contributed by atoms with van der Waals surface area (Å²) >= 11 is 0. The van der Waals surface area contributed by atoms with Crippen molar-refractivity contribution in [2.45, 2.75) is 0 Å². The molecule has 0 spiro atoms. The first-order chi connectivity index (χ1) is 6.29. The number of aromatic amines is 1. The molecule has 7 heteroatoms. The van der Waals surface area contributed by atoms with Crippen LogP contribution in [0.15, 0.2) is 17.1 Å². The van der Waals surface area contributed by atoms with Crippen LogP contribution in [0.25, 0.3) is 11.4 Å². The highest BCUT2D eigenvalue weighted by atomic mass is 16.4. The molecule has 0 unspecified atom stereocenters. The number of hydrogen-bond donors (Lipinski definition) is 2. The molecule has 13 heavy (non-hydrogen) atoms. The van der Waals surface area contributed by atoms with Gasteiger partial charge < -0.3 is 9.52 Å². The van der Waals surface area contributed by atoms with Crippen LogP contribution < -0.4 is 0 Å². The Labute approximate surface area is 71.4 Å². The molecule has 0 saturated heterocycles. The van der Waals surface area contributed by atoms with Crippen molar-refractivity contribution in [2.24, 2.45) is 0 Å². The number of hydrogen-bond acceptors (Lipinski definition) is 5. The van der Waals surface area contributed by atoms with Crippen LogP contribution in [0.2, 0.25) is 0 Å². The molecular weight excluding hydrogens is 176 g/mol. The van der Waals surface area contributed by atoms with Crippen LogP contribution in [-0.4, -0.2) is 31.5 Å². The number of oxazole rings is 1. The lowest BCUT2D eigenvalue weighted by atomic mass is 10.3. The molecule has 2 aromatic rings. The molecule has 2 N–H and O–H groups in total. The molecule has 2 rings (SSSR count). The van der Waals surface area contributed by atoms with Gasteiger partial charge in [0, 0.05) is 0 Å². The highest BCUT2D eigenvalue weighted by Gasteiger charge is 2.18. The van der Waals surface area contributed by atoms with Gasteiger partial charge in [-0.1, -0.05) is 0 Å². The molecule has 0 amide bonds. The molecule has 0 radical (unpaired) electrons. The van der Waals surface area contributed by atoms with Gasteiger partial charge in [0.25, 0.3) is 0 Å². The number of carboxylic acid groups (broad SMARTS) is 1. The molecule has 0 bridgehead atoms. The van der Waals surface area contributed by atoms with Crippen molar-refractivity contribution in [3.63, 3.8) is 0 Å². The van der Waals surface area contributed by atoms with Crippen molar-refractivity contribution in [1.29, 1.82) is 0 Å². The maximum Gasteiger partial charge on any atom is 0.358 e. The maximum absolute atomic E-state index is 10.6.